The lowest BCUT2D eigenvalue weighted by atomic mass is 10.0. The summed E-state index contributed by atoms with van der Waals surface area (Å²) in [5, 5.41) is 6.82. The largest absolute Gasteiger partial charge is 0.493 e. The molecule has 0 heterocycles. The van der Waals surface area contributed by atoms with Crippen LogP contribution in [0.3, 0.4) is 0 Å². The average Bonchev–Trinajstić information content (AvgIpc) is 2.62. The minimum atomic E-state index is 0. The molecule has 1 unspecified atom stereocenters. The molecule has 0 aliphatic heterocycles. The summed E-state index contributed by atoms with van der Waals surface area (Å²) in [7, 11) is 9.36. The van der Waals surface area contributed by atoms with Gasteiger partial charge in [-0.05, 0) is 50.6 Å². The lowest BCUT2D eigenvalue weighted by Crippen LogP contribution is -2.45. The molecule has 1 atom stereocenters. The van der Waals surface area contributed by atoms with E-state index in [-0.39, 0.29) is 24.0 Å². The average molecular weight is 492 g/mol. The number of nitrogens with one attached hydrogen (secondary N) is 2. The van der Waals surface area contributed by atoms with Crippen molar-refractivity contribution in [2.75, 3.05) is 48.5 Å². The van der Waals surface area contributed by atoms with E-state index in [2.05, 4.69) is 54.5 Å². The fraction of sp³-hybridized carbons (Fsp3) is 0.650. The van der Waals surface area contributed by atoms with Crippen LogP contribution in [-0.4, -0.2) is 65.4 Å². The van der Waals surface area contributed by atoms with Crippen molar-refractivity contribution in [3.05, 3.63) is 23.8 Å². The van der Waals surface area contributed by atoms with Crippen LogP contribution in [0, 0.1) is 5.92 Å². The Bertz CT molecular complexity index is 565. The first-order valence-corrected chi connectivity index (χ1v) is 9.23. The topological polar surface area (TPSA) is 58.1 Å². The molecule has 0 fully saturated rings. The fourth-order valence-corrected chi connectivity index (χ4v) is 2.82. The molecule has 0 aliphatic rings. The second-order valence-corrected chi connectivity index (χ2v) is 7.07. The van der Waals surface area contributed by atoms with Crippen LogP contribution in [0.15, 0.2) is 23.2 Å². The van der Waals surface area contributed by atoms with Gasteiger partial charge in [-0.15, -0.1) is 24.0 Å². The molecule has 156 valence electrons. The number of guanidine groups is 1. The van der Waals surface area contributed by atoms with Crippen LogP contribution in [0.25, 0.3) is 0 Å². The normalized spacial score (nSPS) is 12.6. The lowest BCUT2D eigenvalue weighted by molar-refractivity contribution is 0.254. The van der Waals surface area contributed by atoms with Gasteiger partial charge in [0.05, 0.1) is 14.2 Å². The van der Waals surface area contributed by atoms with Crippen LogP contribution < -0.4 is 20.1 Å². The number of rotatable bonds is 10. The number of hydrogen-bond acceptors (Lipinski definition) is 4. The summed E-state index contributed by atoms with van der Waals surface area (Å²) in [6.07, 6.45) is 2.03. The maximum atomic E-state index is 5.36. The van der Waals surface area contributed by atoms with Crippen molar-refractivity contribution in [1.82, 2.24) is 15.5 Å². The summed E-state index contributed by atoms with van der Waals surface area (Å²) in [4.78, 5) is 6.59. The van der Waals surface area contributed by atoms with Gasteiger partial charge in [0.25, 0.3) is 0 Å². The molecular weight excluding hydrogens is 455 g/mol. The maximum absolute atomic E-state index is 5.36. The van der Waals surface area contributed by atoms with Crippen LogP contribution in [0.2, 0.25) is 0 Å². The molecule has 27 heavy (non-hydrogen) atoms. The quantitative estimate of drug-likeness (QED) is 0.299. The van der Waals surface area contributed by atoms with Crippen molar-refractivity contribution >= 4 is 29.9 Å². The Balaban J connectivity index is 0.00000676. The Hall–Kier alpha value is -1.22. The van der Waals surface area contributed by atoms with E-state index in [9.17, 15) is 0 Å². The van der Waals surface area contributed by atoms with Gasteiger partial charge < -0.3 is 25.0 Å². The number of halogens is 1. The number of ether oxygens (including phenoxy) is 2. The van der Waals surface area contributed by atoms with E-state index in [1.165, 1.54) is 5.56 Å². The van der Waals surface area contributed by atoms with Crippen molar-refractivity contribution in [1.29, 1.82) is 0 Å². The number of likely N-dealkylation sites (N-methyl/N-ethyl adjacent to an activating group) is 1. The van der Waals surface area contributed by atoms with Gasteiger partial charge in [0.15, 0.2) is 17.5 Å². The van der Waals surface area contributed by atoms with Crippen LogP contribution in [0.1, 0.15) is 25.8 Å². The number of methoxy groups -OCH3 is 2. The Labute approximate surface area is 182 Å². The highest BCUT2D eigenvalue weighted by Crippen LogP contribution is 2.27. The SMILES string of the molecule is CN=C(NCCc1ccc(OC)c(OC)c1)NCC(CC(C)C)N(C)C.I. The molecule has 0 amide bonds. The van der Waals surface area contributed by atoms with E-state index in [1.54, 1.807) is 21.3 Å². The van der Waals surface area contributed by atoms with Crippen molar-refractivity contribution in [3.8, 4) is 11.5 Å². The predicted molar refractivity (Wildman–Crippen MR) is 125 cm³/mol. The summed E-state index contributed by atoms with van der Waals surface area (Å²) in [5.74, 6) is 3.02. The van der Waals surface area contributed by atoms with Crippen molar-refractivity contribution in [2.24, 2.45) is 10.9 Å². The van der Waals surface area contributed by atoms with Gasteiger partial charge in [-0.2, -0.15) is 0 Å². The molecule has 1 rings (SSSR count). The fourth-order valence-electron chi connectivity index (χ4n) is 2.82. The van der Waals surface area contributed by atoms with Gasteiger partial charge in [0, 0.05) is 26.2 Å². The second kappa shape index (κ2) is 13.9. The first-order chi connectivity index (χ1) is 12.4. The van der Waals surface area contributed by atoms with Gasteiger partial charge in [0.2, 0.25) is 0 Å². The molecule has 7 heteroatoms. The Morgan fingerprint density at radius 2 is 1.78 bits per heavy atom. The highest BCUT2D eigenvalue weighted by atomic mass is 127. The molecule has 0 aliphatic carbocycles. The van der Waals surface area contributed by atoms with E-state index < -0.39 is 0 Å². The molecule has 0 saturated carbocycles. The predicted octanol–water partition coefficient (Wildman–Crippen LogP) is 3.01. The molecule has 0 spiro atoms. The van der Waals surface area contributed by atoms with Gasteiger partial charge in [-0.1, -0.05) is 19.9 Å². The first kappa shape index (κ1) is 25.8. The zero-order valence-electron chi connectivity index (χ0n) is 17.8. The molecule has 0 aromatic heterocycles. The first-order valence-electron chi connectivity index (χ1n) is 9.23. The highest BCUT2D eigenvalue weighted by molar-refractivity contribution is 14.0. The summed E-state index contributed by atoms with van der Waals surface area (Å²) >= 11 is 0. The van der Waals surface area contributed by atoms with E-state index >= 15 is 0 Å². The molecular formula is C20H37IN4O2. The van der Waals surface area contributed by atoms with E-state index in [0.717, 1.165) is 43.4 Å². The summed E-state index contributed by atoms with van der Waals surface area (Å²) in [6, 6.07) is 6.50. The van der Waals surface area contributed by atoms with Gasteiger partial charge in [-0.3, -0.25) is 4.99 Å². The number of benzene rings is 1. The minimum absolute atomic E-state index is 0. The van der Waals surface area contributed by atoms with Crippen LogP contribution in [0.5, 0.6) is 11.5 Å². The molecule has 6 nitrogen and oxygen atoms in total. The van der Waals surface area contributed by atoms with Crippen LogP contribution >= 0.6 is 24.0 Å². The van der Waals surface area contributed by atoms with Gasteiger partial charge in [0.1, 0.15) is 0 Å². The molecule has 0 saturated heterocycles. The van der Waals surface area contributed by atoms with Crippen molar-refractivity contribution in [2.45, 2.75) is 32.7 Å². The van der Waals surface area contributed by atoms with Gasteiger partial charge >= 0.3 is 0 Å². The summed E-state index contributed by atoms with van der Waals surface area (Å²) in [6.45, 7) is 6.19. The van der Waals surface area contributed by atoms with E-state index in [0.29, 0.717) is 12.0 Å². The van der Waals surface area contributed by atoms with E-state index in [4.69, 9.17) is 9.47 Å². The second-order valence-electron chi connectivity index (χ2n) is 7.07. The highest BCUT2D eigenvalue weighted by Gasteiger charge is 2.13. The molecule has 0 radical (unpaired) electrons. The number of aliphatic imine (C=N–C) groups is 1. The number of hydrogen-bond donors (Lipinski definition) is 2. The maximum Gasteiger partial charge on any atom is 0.191 e. The van der Waals surface area contributed by atoms with Crippen molar-refractivity contribution < 1.29 is 9.47 Å². The zero-order valence-corrected chi connectivity index (χ0v) is 20.2. The molecule has 2 N–H and O–H groups in total. The standard InChI is InChI=1S/C20H36N4O2.HI/c1-15(2)12-17(24(4)5)14-23-20(21-3)22-11-10-16-8-9-18(25-6)19(13-16)26-7;/h8-9,13,15,17H,10-12,14H2,1-7H3,(H2,21,22,23);1H. The monoisotopic (exact) mass is 492 g/mol. The smallest absolute Gasteiger partial charge is 0.191 e. The zero-order chi connectivity index (χ0) is 19.5. The van der Waals surface area contributed by atoms with Crippen molar-refractivity contribution in [3.63, 3.8) is 0 Å². The lowest BCUT2D eigenvalue weighted by Gasteiger charge is -2.27. The van der Waals surface area contributed by atoms with Gasteiger partial charge in [-0.25, -0.2) is 0 Å². The third-order valence-corrected chi connectivity index (χ3v) is 4.36. The number of nitrogens with zero attached hydrogens (tertiary/aromatic N) is 2. The van der Waals surface area contributed by atoms with Crippen LogP contribution in [-0.2, 0) is 6.42 Å². The molecule has 1 aromatic rings. The third kappa shape index (κ3) is 9.51. The van der Waals surface area contributed by atoms with Crippen LogP contribution in [0.4, 0.5) is 0 Å². The Morgan fingerprint density at radius 3 is 2.30 bits per heavy atom. The summed E-state index contributed by atoms with van der Waals surface area (Å²) < 4.78 is 10.6. The minimum Gasteiger partial charge on any atom is -0.493 e. The Kier molecular flexibility index (Phi) is 13.2. The third-order valence-electron chi connectivity index (χ3n) is 4.36. The molecule has 0 bridgehead atoms. The molecule has 1 aromatic carbocycles. The Morgan fingerprint density at radius 1 is 1.11 bits per heavy atom. The van der Waals surface area contributed by atoms with E-state index in [1.807, 2.05) is 12.1 Å². The summed E-state index contributed by atoms with van der Waals surface area (Å²) in [5.41, 5.74) is 1.19.